The van der Waals surface area contributed by atoms with Gasteiger partial charge < -0.3 is 10.0 Å². The fraction of sp³-hybridized carbons (Fsp3) is 0.556. The minimum atomic E-state index is 0.231. The lowest BCUT2D eigenvalue weighted by atomic mass is 10.1. The van der Waals surface area contributed by atoms with Crippen molar-refractivity contribution >= 4 is 17.4 Å². The van der Waals surface area contributed by atoms with Crippen molar-refractivity contribution in [1.29, 1.82) is 0 Å². The highest BCUT2D eigenvalue weighted by molar-refractivity contribution is 6.31. The predicted molar refractivity (Wildman–Crippen MR) is 54.4 cm³/mol. The van der Waals surface area contributed by atoms with Crippen molar-refractivity contribution in [3.05, 3.63) is 17.5 Å². The van der Waals surface area contributed by atoms with Crippen LogP contribution in [0.15, 0.2) is 12.4 Å². The molecule has 4 nitrogen and oxygen atoms in total. The van der Waals surface area contributed by atoms with Gasteiger partial charge in [-0.25, -0.2) is 9.97 Å². The molecule has 2 rings (SSSR count). The molecule has 2 heterocycles. The quantitative estimate of drug-likeness (QED) is 0.795. The van der Waals surface area contributed by atoms with E-state index in [0.29, 0.717) is 11.1 Å². The third kappa shape index (κ3) is 1.81. The van der Waals surface area contributed by atoms with Crippen LogP contribution in [-0.4, -0.2) is 34.8 Å². The zero-order valence-electron chi connectivity index (χ0n) is 7.73. The monoisotopic (exact) mass is 213 g/mol. The van der Waals surface area contributed by atoms with Gasteiger partial charge in [-0.15, -0.1) is 0 Å². The number of halogens is 1. The topological polar surface area (TPSA) is 49.2 Å². The Morgan fingerprint density at radius 3 is 2.93 bits per heavy atom. The van der Waals surface area contributed by atoms with E-state index in [1.54, 1.807) is 12.4 Å². The molecule has 1 aromatic rings. The van der Waals surface area contributed by atoms with Gasteiger partial charge in [0.2, 0.25) is 0 Å². The number of nitrogens with zero attached hydrogens (tertiary/aromatic N) is 3. The molecule has 1 saturated heterocycles. The van der Waals surface area contributed by atoms with Gasteiger partial charge in [-0.1, -0.05) is 11.6 Å². The second-order valence-electron chi connectivity index (χ2n) is 3.45. The van der Waals surface area contributed by atoms with Crippen molar-refractivity contribution in [1.82, 2.24) is 9.97 Å². The van der Waals surface area contributed by atoms with Gasteiger partial charge in [-0.3, -0.25) is 0 Å². The second kappa shape index (κ2) is 4.11. The van der Waals surface area contributed by atoms with E-state index in [0.717, 1.165) is 25.3 Å². The third-order valence-corrected chi connectivity index (χ3v) is 2.75. The Morgan fingerprint density at radius 2 is 2.29 bits per heavy atom. The molecule has 0 spiro atoms. The zero-order valence-corrected chi connectivity index (χ0v) is 8.48. The molecule has 1 aromatic heterocycles. The van der Waals surface area contributed by atoms with E-state index in [1.165, 1.54) is 0 Å². The van der Waals surface area contributed by atoms with Gasteiger partial charge in [0.1, 0.15) is 0 Å². The lowest BCUT2D eigenvalue weighted by molar-refractivity contribution is 0.238. The van der Waals surface area contributed by atoms with Gasteiger partial charge in [-0.2, -0.15) is 0 Å². The van der Waals surface area contributed by atoms with E-state index in [2.05, 4.69) is 14.9 Å². The van der Waals surface area contributed by atoms with Crippen LogP contribution in [0.3, 0.4) is 0 Å². The van der Waals surface area contributed by atoms with Gasteiger partial charge in [-0.05, 0) is 6.42 Å². The average Bonchev–Trinajstić information content (AvgIpc) is 2.67. The molecule has 0 radical (unpaired) electrons. The van der Waals surface area contributed by atoms with Gasteiger partial charge >= 0.3 is 0 Å². The zero-order chi connectivity index (χ0) is 9.97. The maximum Gasteiger partial charge on any atom is 0.171 e. The molecule has 0 bridgehead atoms. The molecular weight excluding hydrogens is 202 g/mol. The summed E-state index contributed by atoms with van der Waals surface area (Å²) in [6, 6.07) is 0. The first-order valence-electron chi connectivity index (χ1n) is 4.63. The van der Waals surface area contributed by atoms with E-state index in [4.69, 9.17) is 16.7 Å². The standard InChI is InChI=1S/C9H12ClN3O/c10-8-9(12-3-2-11-8)13-4-1-7(5-13)6-14/h2-3,7,14H,1,4-6H2/t7-/m1/s1. The third-order valence-electron chi connectivity index (χ3n) is 2.48. The van der Waals surface area contributed by atoms with E-state index in [-0.39, 0.29) is 6.61 Å². The summed E-state index contributed by atoms with van der Waals surface area (Å²) in [6.07, 6.45) is 4.20. The number of aliphatic hydroxyl groups is 1. The van der Waals surface area contributed by atoms with Crippen molar-refractivity contribution < 1.29 is 5.11 Å². The fourth-order valence-corrected chi connectivity index (χ4v) is 1.92. The molecule has 0 saturated carbocycles. The molecule has 5 heteroatoms. The number of rotatable bonds is 2. The van der Waals surface area contributed by atoms with Gasteiger partial charge in [0.15, 0.2) is 11.0 Å². The second-order valence-corrected chi connectivity index (χ2v) is 3.81. The molecule has 0 aliphatic carbocycles. The summed E-state index contributed by atoms with van der Waals surface area (Å²) in [7, 11) is 0. The summed E-state index contributed by atoms with van der Waals surface area (Å²) < 4.78 is 0. The first-order chi connectivity index (χ1) is 6.81. The summed E-state index contributed by atoms with van der Waals surface area (Å²) in [5.41, 5.74) is 0. The van der Waals surface area contributed by atoms with E-state index in [1.807, 2.05) is 0 Å². The van der Waals surface area contributed by atoms with Crippen LogP contribution in [0.5, 0.6) is 0 Å². The van der Waals surface area contributed by atoms with Crippen molar-refractivity contribution in [2.45, 2.75) is 6.42 Å². The fourth-order valence-electron chi connectivity index (χ4n) is 1.70. The molecule has 0 unspecified atom stereocenters. The number of anilines is 1. The Morgan fingerprint density at radius 1 is 1.50 bits per heavy atom. The highest BCUT2D eigenvalue weighted by Crippen LogP contribution is 2.26. The highest BCUT2D eigenvalue weighted by atomic mass is 35.5. The highest BCUT2D eigenvalue weighted by Gasteiger charge is 2.24. The Balaban J connectivity index is 2.13. The van der Waals surface area contributed by atoms with Crippen LogP contribution in [0, 0.1) is 5.92 Å². The average molecular weight is 214 g/mol. The van der Waals surface area contributed by atoms with Gasteiger partial charge in [0.25, 0.3) is 0 Å². The lowest BCUT2D eigenvalue weighted by Gasteiger charge is -2.17. The smallest absolute Gasteiger partial charge is 0.171 e. The first-order valence-corrected chi connectivity index (χ1v) is 5.01. The maximum absolute atomic E-state index is 9.00. The normalized spacial score (nSPS) is 21.6. The molecule has 14 heavy (non-hydrogen) atoms. The summed E-state index contributed by atoms with van der Waals surface area (Å²) >= 11 is 5.92. The Labute approximate surface area is 87.5 Å². The van der Waals surface area contributed by atoms with E-state index >= 15 is 0 Å². The lowest BCUT2D eigenvalue weighted by Crippen LogP contribution is -2.22. The number of aromatic nitrogens is 2. The number of aliphatic hydroxyl groups excluding tert-OH is 1. The van der Waals surface area contributed by atoms with Crippen molar-refractivity contribution in [3.8, 4) is 0 Å². The van der Waals surface area contributed by atoms with Crippen LogP contribution >= 0.6 is 11.6 Å². The summed E-state index contributed by atoms with van der Waals surface area (Å²) in [5, 5.41) is 9.44. The van der Waals surface area contributed by atoms with Crippen molar-refractivity contribution in [2.24, 2.45) is 5.92 Å². The Hall–Kier alpha value is -0.870. The van der Waals surface area contributed by atoms with Crippen LogP contribution < -0.4 is 4.90 Å². The Kier molecular flexibility index (Phi) is 2.84. The Bertz CT molecular complexity index is 321. The minimum Gasteiger partial charge on any atom is -0.396 e. The van der Waals surface area contributed by atoms with E-state index in [9.17, 15) is 0 Å². The number of hydrogen-bond donors (Lipinski definition) is 1. The molecule has 1 aliphatic heterocycles. The molecule has 1 fully saturated rings. The summed E-state index contributed by atoms with van der Waals surface area (Å²) in [5.74, 6) is 1.07. The van der Waals surface area contributed by atoms with Crippen LogP contribution in [-0.2, 0) is 0 Å². The molecule has 0 amide bonds. The van der Waals surface area contributed by atoms with Crippen LogP contribution in [0.2, 0.25) is 5.15 Å². The molecule has 0 aromatic carbocycles. The van der Waals surface area contributed by atoms with Gasteiger partial charge in [0.05, 0.1) is 0 Å². The first kappa shape index (κ1) is 9.68. The van der Waals surface area contributed by atoms with Crippen LogP contribution in [0.1, 0.15) is 6.42 Å². The SMILES string of the molecule is OC[C@@H]1CCN(c2nccnc2Cl)C1. The van der Waals surface area contributed by atoms with Crippen LogP contribution in [0.4, 0.5) is 5.82 Å². The molecule has 1 aliphatic rings. The minimum absolute atomic E-state index is 0.231. The van der Waals surface area contributed by atoms with Crippen LogP contribution in [0.25, 0.3) is 0 Å². The van der Waals surface area contributed by atoms with Crippen molar-refractivity contribution in [2.75, 3.05) is 24.6 Å². The molecule has 1 N–H and O–H groups in total. The maximum atomic E-state index is 9.00. The van der Waals surface area contributed by atoms with Gasteiger partial charge in [0, 0.05) is 38.0 Å². The van der Waals surface area contributed by atoms with Crippen molar-refractivity contribution in [3.63, 3.8) is 0 Å². The molecule has 76 valence electrons. The molecular formula is C9H12ClN3O. The largest absolute Gasteiger partial charge is 0.396 e. The predicted octanol–water partition coefficient (Wildman–Crippen LogP) is 0.949. The van der Waals surface area contributed by atoms with E-state index < -0.39 is 0 Å². The summed E-state index contributed by atoms with van der Waals surface area (Å²) in [6.45, 7) is 1.94. The summed E-state index contributed by atoms with van der Waals surface area (Å²) in [4.78, 5) is 10.2. The number of hydrogen-bond acceptors (Lipinski definition) is 4. The molecule has 1 atom stereocenters.